The lowest BCUT2D eigenvalue weighted by Gasteiger charge is -2.28. The molecule has 0 radical (unpaired) electrons. The summed E-state index contributed by atoms with van der Waals surface area (Å²) in [5.41, 5.74) is 0.714. The molecule has 4 rings (SSSR count). The first kappa shape index (κ1) is 17.3. The van der Waals surface area contributed by atoms with Crippen LogP contribution in [0.2, 0.25) is 0 Å². The van der Waals surface area contributed by atoms with Crippen molar-refractivity contribution in [3.8, 4) is 5.75 Å². The summed E-state index contributed by atoms with van der Waals surface area (Å²) in [4.78, 5) is 25.5. The van der Waals surface area contributed by atoms with Crippen molar-refractivity contribution >= 4 is 38.5 Å². The zero-order chi connectivity index (χ0) is 17.9. The Labute approximate surface area is 154 Å². The second-order valence-corrected chi connectivity index (χ2v) is 6.97. The van der Waals surface area contributed by atoms with Gasteiger partial charge in [0.15, 0.2) is 10.9 Å². The van der Waals surface area contributed by atoms with E-state index in [0.29, 0.717) is 55.9 Å². The summed E-state index contributed by atoms with van der Waals surface area (Å²) in [5, 5.41) is 3.43. The largest absolute Gasteiger partial charge is 0.493 e. The third kappa shape index (κ3) is 3.39. The van der Waals surface area contributed by atoms with Gasteiger partial charge in [0.2, 0.25) is 0 Å². The molecule has 2 saturated heterocycles. The fraction of sp³-hybridized carbons (Fsp3) is 0.562. The van der Waals surface area contributed by atoms with Gasteiger partial charge in [-0.3, -0.25) is 5.32 Å². The van der Waals surface area contributed by atoms with Gasteiger partial charge in [-0.1, -0.05) is 11.3 Å². The van der Waals surface area contributed by atoms with E-state index in [1.807, 2.05) is 0 Å². The highest BCUT2D eigenvalue weighted by molar-refractivity contribution is 7.23. The number of fused-ring (bicyclic) bond motifs is 1. The highest BCUT2D eigenvalue weighted by Crippen LogP contribution is 2.38. The van der Waals surface area contributed by atoms with E-state index in [1.54, 1.807) is 18.2 Å². The Bertz CT molecular complexity index is 786. The number of aromatic nitrogens is 2. The first-order chi connectivity index (χ1) is 12.8. The fourth-order valence-corrected chi connectivity index (χ4v) is 4.00. The van der Waals surface area contributed by atoms with Gasteiger partial charge in [0.25, 0.3) is 0 Å². The number of hydrogen-bond acceptors (Lipinski definition) is 8. The Balaban J connectivity index is 1.62. The lowest BCUT2D eigenvalue weighted by molar-refractivity contribution is 0.0564. The second-order valence-electron chi connectivity index (χ2n) is 5.98. The molecule has 0 unspecified atom stereocenters. The third-order valence-electron chi connectivity index (χ3n) is 4.41. The molecule has 1 N–H and O–H groups in total. The van der Waals surface area contributed by atoms with E-state index in [0.717, 1.165) is 23.6 Å². The number of urea groups is 1. The van der Waals surface area contributed by atoms with Gasteiger partial charge in [0, 0.05) is 26.2 Å². The van der Waals surface area contributed by atoms with Crippen molar-refractivity contribution < 1.29 is 19.0 Å². The quantitative estimate of drug-likeness (QED) is 0.862. The van der Waals surface area contributed by atoms with E-state index in [-0.39, 0.29) is 6.03 Å². The van der Waals surface area contributed by atoms with Gasteiger partial charge < -0.3 is 24.0 Å². The Hall–Kier alpha value is -2.17. The van der Waals surface area contributed by atoms with E-state index >= 15 is 0 Å². The molecule has 0 saturated carbocycles. The van der Waals surface area contributed by atoms with Crippen LogP contribution in [-0.2, 0) is 9.47 Å². The van der Waals surface area contributed by atoms with Crippen molar-refractivity contribution in [2.75, 3.05) is 69.9 Å². The molecular formula is C16H21N5O4S. The van der Waals surface area contributed by atoms with Gasteiger partial charge >= 0.3 is 6.03 Å². The minimum Gasteiger partial charge on any atom is -0.493 e. The van der Waals surface area contributed by atoms with Crippen molar-refractivity contribution in [3.63, 3.8) is 0 Å². The second kappa shape index (κ2) is 7.60. The lowest BCUT2D eigenvalue weighted by Crippen LogP contribution is -2.43. The lowest BCUT2D eigenvalue weighted by atomic mass is 10.3. The van der Waals surface area contributed by atoms with E-state index in [2.05, 4.69) is 20.2 Å². The highest BCUT2D eigenvalue weighted by Gasteiger charge is 2.23. The van der Waals surface area contributed by atoms with Crippen molar-refractivity contribution in [1.82, 2.24) is 14.9 Å². The third-order valence-corrected chi connectivity index (χ3v) is 5.38. The molecule has 0 aromatic carbocycles. The number of carbonyl (C=O) groups is 1. The molecule has 26 heavy (non-hydrogen) atoms. The predicted molar refractivity (Wildman–Crippen MR) is 98.4 cm³/mol. The molecule has 2 aromatic rings. The van der Waals surface area contributed by atoms with Crippen LogP contribution in [-0.4, -0.2) is 80.6 Å². The van der Waals surface area contributed by atoms with Gasteiger partial charge in [0.1, 0.15) is 16.0 Å². The average Bonchev–Trinajstić information content (AvgIpc) is 3.12. The average molecular weight is 379 g/mol. The number of nitrogens with one attached hydrogen (secondary N) is 1. The number of morpholine rings is 2. The van der Waals surface area contributed by atoms with Crippen molar-refractivity contribution in [2.45, 2.75) is 0 Å². The number of pyridine rings is 1. The Morgan fingerprint density at radius 2 is 1.88 bits per heavy atom. The number of hydrogen-bond donors (Lipinski definition) is 1. The normalized spacial score (nSPS) is 18.2. The summed E-state index contributed by atoms with van der Waals surface area (Å²) in [6.45, 7) is 5.20. The molecule has 2 aliphatic rings. The van der Waals surface area contributed by atoms with Crippen LogP contribution in [0.3, 0.4) is 0 Å². The molecule has 2 amide bonds. The predicted octanol–water partition coefficient (Wildman–Crippen LogP) is 1.40. The first-order valence-corrected chi connectivity index (χ1v) is 9.38. The van der Waals surface area contributed by atoms with E-state index in [4.69, 9.17) is 14.2 Å². The monoisotopic (exact) mass is 379 g/mol. The highest BCUT2D eigenvalue weighted by atomic mass is 32.1. The molecule has 2 aromatic heterocycles. The van der Waals surface area contributed by atoms with Gasteiger partial charge in [-0.2, -0.15) is 0 Å². The van der Waals surface area contributed by atoms with Crippen LogP contribution in [0.25, 0.3) is 10.2 Å². The van der Waals surface area contributed by atoms with Gasteiger partial charge in [0.05, 0.1) is 39.7 Å². The molecule has 0 atom stereocenters. The van der Waals surface area contributed by atoms with Crippen LogP contribution >= 0.6 is 11.3 Å². The van der Waals surface area contributed by atoms with Gasteiger partial charge in [-0.25, -0.2) is 14.8 Å². The zero-order valence-electron chi connectivity index (χ0n) is 14.6. The van der Waals surface area contributed by atoms with Gasteiger partial charge in [-0.05, 0) is 0 Å². The molecule has 0 spiro atoms. The van der Waals surface area contributed by atoms with Crippen LogP contribution in [0.4, 0.5) is 15.7 Å². The van der Waals surface area contributed by atoms with Crippen LogP contribution < -0.4 is 15.0 Å². The number of anilines is 2. The Morgan fingerprint density at radius 3 is 2.58 bits per heavy atom. The summed E-state index contributed by atoms with van der Waals surface area (Å²) in [6.07, 6.45) is 1.68. The van der Waals surface area contributed by atoms with Crippen LogP contribution in [0, 0.1) is 0 Å². The van der Waals surface area contributed by atoms with E-state index < -0.39 is 0 Å². The summed E-state index contributed by atoms with van der Waals surface area (Å²) in [6, 6.07) is -0.160. The van der Waals surface area contributed by atoms with Crippen LogP contribution in [0.5, 0.6) is 5.75 Å². The number of nitrogens with zero attached hydrogens (tertiary/aromatic N) is 4. The molecular weight excluding hydrogens is 358 g/mol. The van der Waals surface area contributed by atoms with Crippen LogP contribution in [0.15, 0.2) is 6.20 Å². The van der Waals surface area contributed by atoms with Crippen molar-refractivity contribution in [3.05, 3.63) is 6.20 Å². The Morgan fingerprint density at radius 1 is 1.19 bits per heavy atom. The maximum absolute atomic E-state index is 12.4. The number of amides is 2. The number of thiazole rings is 1. The molecule has 10 heteroatoms. The summed E-state index contributed by atoms with van der Waals surface area (Å²) >= 11 is 1.41. The SMILES string of the molecule is COc1cnc(N2CCOCC2)c2sc(NC(=O)N3CCOCC3)nc12. The summed E-state index contributed by atoms with van der Waals surface area (Å²) in [5.74, 6) is 1.45. The fourth-order valence-electron chi connectivity index (χ4n) is 3.02. The first-order valence-electron chi connectivity index (χ1n) is 8.56. The molecule has 9 nitrogen and oxygen atoms in total. The van der Waals surface area contributed by atoms with Crippen molar-refractivity contribution in [2.24, 2.45) is 0 Å². The standard InChI is InChI=1S/C16H21N5O4S/c1-23-11-10-17-14(20-2-6-24-7-3-20)13-12(11)18-15(26-13)19-16(22)21-4-8-25-9-5-21/h10H,2-9H2,1H3,(H,18,19,22). The number of ether oxygens (including phenoxy) is 3. The zero-order valence-corrected chi connectivity index (χ0v) is 15.4. The minimum atomic E-state index is -0.160. The smallest absolute Gasteiger partial charge is 0.323 e. The number of methoxy groups -OCH3 is 1. The maximum Gasteiger partial charge on any atom is 0.323 e. The molecule has 2 aliphatic heterocycles. The Kier molecular flexibility index (Phi) is 5.05. The number of rotatable bonds is 3. The molecule has 0 aliphatic carbocycles. The van der Waals surface area contributed by atoms with Crippen LogP contribution in [0.1, 0.15) is 0 Å². The molecule has 0 bridgehead atoms. The van der Waals surface area contributed by atoms with E-state index in [1.165, 1.54) is 11.3 Å². The molecule has 4 heterocycles. The van der Waals surface area contributed by atoms with Gasteiger partial charge in [-0.15, -0.1) is 0 Å². The molecule has 2 fully saturated rings. The molecule has 140 valence electrons. The van der Waals surface area contributed by atoms with Crippen molar-refractivity contribution in [1.29, 1.82) is 0 Å². The van der Waals surface area contributed by atoms with E-state index in [9.17, 15) is 4.79 Å². The summed E-state index contributed by atoms with van der Waals surface area (Å²) < 4.78 is 17.0. The minimum absolute atomic E-state index is 0.160. The summed E-state index contributed by atoms with van der Waals surface area (Å²) in [7, 11) is 1.59. The topological polar surface area (TPSA) is 89.1 Å². The maximum atomic E-state index is 12.4. The number of carbonyl (C=O) groups excluding carboxylic acids is 1.